The van der Waals surface area contributed by atoms with Gasteiger partial charge in [0.15, 0.2) is 0 Å². The van der Waals surface area contributed by atoms with Crippen LogP contribution >= 0.6 is 0 Å². The predicted molar refractivity (Wildman–Crippen MR) is 57.4 cm³/mol. The average Bonchev–Trinajstić information content (AvgIpc) is 2.17. The third kappa shape index (κ3) is 4.56. The van der Waals surface area contributed by atoms with Crippen LogP contribution in [-0.2, 0) is 4.79 Å². The highest BCUT2D eigenvalue weighted by atomic mass is 16.6. The van der Waals surface area contributed by atoms with Crippen molar-refractivity contribution < 1.29 is 9.72 Å². The number of hydrogen-bond donors (Lipinski definition) is 1. The van der Waals surface area contributed by atoms with Crippen molar-refractivity contribution in [2.45, 2.75) is 6.92 Å². The van der Waals surface area contributed by atoms with Crippen LogP contribution in [0, 0.1) is 10.1 Å². The normalized spacial score (nSPS) is 11.8. The lowest BCUT2D eigenvalue weighted by Gasteiger charge is -2.01. The summed E-state index contributed by atoms with van der Waals surface area (Å²) < 4.78 is 0. The van der Waals surface area contributed by atoms with Gasteiger partial charge in [-0.15, -0.1) is 0 Å². The minimum absolute atomic E-state index is 0.156. The fourth-order valence-electron chi connectivity index (χ4n) is 0.782. The van der Waals surface area contributed by atoms with Crippen LogP contribution in [0.15, 0.2) is 48.9 Å². The van der Waals surface area contributed by atoms with E-state index in [0.717, 1.165) is 6.08 Å². The molecule has 0 saturated carbocycles. The highest BCUT2D eigenvalue weighted by Crippen LogP contribution is 2.04. The van der Waals surface area contributed by atoms with Gasteiger partial charge in [0.1, 0.15) is 0 Å². The van der Waals surface area contributed by atoms with Gasteiger partial charge in [0.2, 0.25) is 5.91 Å². The summed E-state index contributed by atoms with van der Waals surface area (Å²) >= 11 is 0. The quantitative estimate of drug-likeness (QED) is 0.322. The Morgan fingerprint density at radius 1 is 1.47 bits per heavy atom. The lowest BCUT2D eigenvalue weighted by atomic mass is 10.3. The Balaban J connectivity index is 4.99. The van der Waals surface area contributed by atoms with Gasteiger partial charge >= 0.3 is 0 Å². The molecule has 5 heteroatoms. The maximum Gasteiger partial charge on any atom is 0.288 e. The summed E-state index contributed by atoms with van der Waals surface area (Å²) in [6.07, 6.45) is 5.12. The number of allylic oxidation sites excluding steroid dienone is 4. The van der Waals surface area contributed by atoms with Crippen molar-refractivity contribution in [1.29, 1.82) is 0 Å². The zero-order valence-corrected chi connectivity index (χ0v) is 8.40. The second kappa shape index (κ2) is 6.31. The highest BCUT2D eigenvalue weighted by molar-refractivity contribution is 5.88. The minimum Gasteiger partial charge on any atom is -0.320 e. The minimum atomic E-state index is -0.585. The standard InChI is InChI=1S/C10H12N2O3/c1-4-6-7-9(12(14)15)8(3)11-10(13)5-2/h4-7H,1-2H2,3H3,(H,11,13)/b7-6-,9-8-. The first-order valence-corrected chi connectivity index (χ1v) is 4.10. The Morgan fingerprint density at radius 2 is 2.07 bits per heavy atom. The number of rotatable bonds is 5. The van der Waals surface area contributed by atoms with Gasteiger partial charge < -0.3 is 5.32 Å². The first-order valence-electron chi connectivity index (χ1n) is 4.10. The zero-order valence-electron chi connectivity index (χ0n) is 8.40. The Kier molecular flexibility index (Phi) is 5.40. The molecule has 0 aliphatic rings. The monoisotopic (exact) mass is 208 g/mol. The Bertz CT molecular complexity index is 354. The van der Waals surface area contributed by atoms with Crippen molar-refractivity contribution in [3.8, 4) is 0 Å². The average molecular weight is 208 g/mol. The molecule has 0 aromatic carbocycles. The third-order valence-electron chi connectivity index (χ3n) is 1.47. The van der Waals surface area contributed by atoms with Gasteiger partial charge in [0.05, 0.1) is 10.6 Å². The number of nitrogens with zero attached hydrogens (tertiary/aromatic N) is 1. The molecule has 0 radical (unpaired) electrons. The van der Waals surface area contributed by atoms with Crippen molar-refractivity contribution in [3.63, 3.8) is 0 Å². The van der Waals surface area contributed by atoms with E-state index in [-0.39, 0.29) is 11.4 Å². The van der Waals surface area contributed by atoms with E-state index < -0.39 is 10.8 Å². The highest BCUT2D eigenvalue weighted by Gasteiger charge is 2.12. The molecule has 0 rings (SSSR count). The van der Waals surface area contributed by atoms with Crippen LogP contribution in [-0.4, -0.2) is 10.8 Å². The molecule has 0 bridgehead atoms. The number of nitro groups is 1. The molecule has 0 aliphatic carbocycles. The summed E-state index contributed by atoms with van der Waals surface area (Å²) in [5.74, 6) is -0.487. The molecule has 0 heterocycles. The van der Waals surface area contributed by atoms with Crippen molar-refractivity contribution in [2.24, 2.45) is 0 Å². The zero-order chi connectivity index (χ0) is 11.8. The van der Waals surface area contributed by atoms with Crippen LogP contribution < -0.4 is 5.32 Å². The molecule has 5 nitrogen and oxygen atoms in total. The van der Waals surface area contributed by atoms with E-state index >= 15 is 0 Å². The van der Waals surface area contributed by atoms with E-state index in [0.29, 0.717) is 0 Å². The summed E-state index contributed by atoms with van der Waals surface area (Å²) in [5, 5.41) is 12.9. The van der Waals surface area contributed by atoms with Crippen LogP contribution in [0.1, 0.15) is 6.92 Å². The summed E-state index contributed by atoms with van der Waals surface area (Å²) in [6.45, 7) is 8.07. The maximum atomic E-state index is 10.9. The maximum absolute atomic E-state index is 10.9. The molecule has 0 aromatic rings. The van der Waals surface area contributed by atoms with Crippen LogP contribution in [0.3, 0.4) is 0 Å². The lowest BCUT2D eigenvalue weighted by Crippen LogP contribution is -2.21. The van der Waals surface area contributed by atoms with Crippen molar-refractivity contribution >= 4 is 5.91 Å². The van der Waals surface area contributed by atoms with Gasteiger partial charge in [-0.25, -0.2) is 0 Å². The fourth-order valence-corrected chi connectivity index (χ4v) is 0.782. The molecule has 0 fully saturated rings. The van der Waals surface area contributed by atoms with Gasteiger partial charge in [-0.2, -0.15) is 0 Å². The summed E-state index contributed by atoms with van der Waals surface area (Å²) in [5.41, 5.74) is -0.0342. The van der Waals surface area contributed by atoms with Crippen molar-refractivity contribution in [3.05, 3.63) is 59.0 Å². The van der Waals surface area contributed by atoms with E-state index in [1.165, 1.54) is 25.2 Å². The third-order valence-corrected chi connectivity index (χ3v) is 1.47. The first-order chi connectivity index (χ1) is 7.02. The number of hydrogen-bond acceptors (Lipinski definition) is 3. The van der Waals surface area contributed by atoms with Crippen LogP contribution in [0.4, 0.5) is 0 Å². The van der Waals surface area contributed by atoms with E-state index in [1.54, 1.807) is 0 Å². The van der Waals surface area contributed by atoms with Gasteiger partial charge in [-0.1, -0.05) is 25.3 Å². The number of amides is 1. The Hall–Kier alpha value is -2.17. The topological polar surface area (TPSA) is 72.2 Å². The molecule has 1 N–H and O–H groups in total. The summed E-state index contributed by atoms with van der Waals surface area (Å²) in [4.78, 5) is 20.9. The fraction of sp³-hybridized carbons (Fsp3) is 0.100. The van der Waals surface area contributed by atoms with Gasteiger partial charge in [-0.3, -0.25) is 14.9 Å². The van der Waals surface area contributed by atoms with Crippen LogP contribution in [0.5, 0.6) is 0 Å². The van der Waals surface area contributed by atoms with Gasteiger partial charge in [-0.05, 0) is 13.0 Å². The van der Waals surface area contributed by atoms with Crippen molar-refractivity contribution in [2.75, 3.05) is 0 Å². The molecule has 0 saturated heterocycles. The number of carbonyl (C=O) groups excluding carboxylic acids is 1. The second-order valence-electron chi connectivity index (χ2n) is 2.56. The van der Waals surface area contributed by atoms with Crippen molar-refractivity contribution in [1.82, 2.24) is 5.32 Å². The summed E-state index contributed by atoms with van der Waals surface area (Å²) in [7, 11) is 0. The molecule has 0 aliphatic heterocycles. The second-order valence-corrected chi connectivity index (χ2v) is 2.56. The number of nitrogens with one attached hydrogen (secondary N) is 1. The van der Waals surface area contributed by atoms with Gasteiger partial charge in [0.25, 0.3) is 5.70 Å². The molecule has 0 atom stereocenters. The van der Waals surface area contributed by atoms with E-state index in [4.69, 9.17) is 0 Å². The summed E-state index contributed by atoms with van der Waals surface area (Å²) in [6, 6.07) is 0. The smallest absolute Gasteiger partial charge is 0.288 e. The molecule has 0 unspecified atom stereocenters. The van der Waals surface area contributed by atoms with Crippen LogP contribution in [0.25, 0.3) is 0 Å². The SMILES string of the molecule is C=C/C=C\C(=C(/C)NC(=O)C=C)[N+](=O)[O-]. The number of carbonyl (C=O) groups is 1. The Labute approximate surface area is 87.6 Å². The van der Waals surface area contributed by atoms with E-state index in [1.807, 2.05) is 0 Å². The molecule has 0 aromatic heterocycles. The molecular formula is C10H12N2O3. The van der Waals surface area contributed by atoms with E-state index in [2.05, 4.69) is 18.5 Å². The van der Waals surface area contributed by atoms with Gasteiger partial charge in [0, 0.05) is 6.08 Å². The molecule has 15 heavy (non-hydrogen) atoms. The van der Waals surface area contributed by atoms with E-state index in [9.17, 15) is 14.9 Å². The predicted octanol–water partition coefficient (Wildman–Crippen LogP) is 1.54. The molecule has 0 spiro atoms. The lowest BCUT2D eigenvalue weighted by molar-refractivity contribution is -0.420. The molecule has 1 amide bonds. The largest absolute Gasteiger partial charge is 0.320 e. The van der Waals surface area contributed by atoms with Crippen LogP contribution in [0.2, 0.25) is 0 Å². The molecular weight excluding hydrogens is 196 g/mol. The first kappa shape index (κ1) is 12.8. The Morgan fingerprint density at radius 3 is 2.47 bits per heavy atom. The molecule has 80 valence electrons.